The molecular weight excluding hydrogens is 276 g/mol. The number of nitrogens with one attached hydrogen (secondary N) is 2. The number of benzene rings is 1. The lowest BCUT2D eigenvalue weighted by atomic mass is 10.2. The summed E-state index contributed by atoms with van der Waals surface area (Å²) in [6.07, 6.45) is -3.83. The number of amides is 1. The van der Waals surface area contributed by atoms with Gasteiger partial charge in [0.25, 0.3) is 0 Å². The summed E-state index contributed by atoms with van der Waals surface area (Å²) in [5.74, 6) is -1.24. The Morgan fingerprint density at radius 2 is 2.00 bits per heavy atom. The highest BCUT2D eigenvalue weighted by molar-refractivity contribution is 5.81. The van der Waals surface area contributed by atoms with E-state index in [1.165, 1.54) is 0 Å². The number of carbonyl (C=O) groups is 1. The van der Waals surface area contributed by atoms with E-state index in [1.54, 1.807) is 6.92 Å². The van der Waals surface area contributed by atoms with Crippen LogP contribution in [0.2, 0.25) is 0 Å². The summed E-state index contributed by atoms with van der Waals surface area (Å²) in [5, 5.41) is 4.99. The highest BCUT2D eigenvalue weighted by Gasteiger charge is 2.31. The van der Waals surface area contributed by atoms with Gasteiger partial charge in [-0.15, -0.1) is 0 Å². The molecule has 7 heteroatoms. The molecule has 2 N–H and O–H groups in total. The Kier molecular flexibility index (Phi) is 5.35. The minimum atomic E-state index is -4.55. The monoisotopic (exact) mass is 292 g/mol. The second-order valence-corrected chi connectivity index (χ2v) is 4.42. The lowest BCUT2D eigenvalue weighted by molar-refractivity contribution is -0.137. The number of halogens is 4. The lowest BCUT2D eigenvalue weighted by Gasteiger charge is -2.14. The van der Waals surface area contributed by atoms with Crippen LogP contribution in [0.1, 0.15) is 25.8 Å². The fraction of sp³-hybridized carbons (Fsp3) is 0.462. The number of hydrogen-bond acceptors (Lipinski definition) is 2. The van der Waals surface area contributed by atoms with Crippen LogP contribution in [0.25, 0.3) is 0 Å². The molecule has 0 radical (unpaired) electrons. The smallest absolute Gasteiger partial charge is 0.374 e. The van der Waals surface area contributed by atoms with Crippen molar-refractivity contribution < 1.29 is 22.4 Å². The molecule has 1 aromatic rings. The van der Waals surface area contributed by atoms with Crippen molar-refractivity contribution in [3.05, 3.63) is 29.6 Å². The first-order valence-electron chi connectivity index (χ1n) is 6.14. The molecule has 0 bridgehead atoms. The molecule has 3 nitrogen and oxygen atoms in total. The maximum Gasteiger partial charge on any atom is 0.416 e. The van der Waals surface area contributed by atoms with Crippen LogP contribution >= 0.6 is 0 Å². The van der Waals surface area contributed by atoms with Crippen LogP contribution in [0.15, 0.2) is 18.2 Å². The molecule has 1 atom stereocenters. The van der Waals surface area contributed by atoms with Crippen molar-refractivity contribution in [2.75, 3.05) is 11.9 Å². The minimum absolute atomic E-state index is 0.0457. The quantitative estimate of drug-likeness (QED) is 0.818. The first-order valence-corrected chi connectivity index (χ1v) is 6.14. The Labute approximate surface area is 114 Å². The molecule has 1 amide bonds. The molecule has 1 aromatic carbocycles. The normalized spacial score (nSPS) is 12.9. The Balaban J connectivity index is 2.70. The van der Waals surface area contributed by atoms with Gasteiger partial charge in [-0.25, -0.2) is 4.39 Å². The zero-order valence-corrected chi connectivity index (χ0v) is 11.1. The van der Waals surface area contributed by atoms with Gasteiger partial charge in [-0.1, -0.05) is 6.92 Å². The first kappa shape index (κ1) is 16.3. The summed E-state index contributed by atoms with van der Waals surface area (Å²) >= 11 is 0. The van der Waals surface area contributed by atoms with E-state index >= 15 is 0 Å². The van der Waals surface area contributed by atoms with Crippen LogP contribution in [0.4, 0.5) is 23.2 Å². The van der Waals surface area contributed by atoms with Gasteiger partial charge < -0.3 is 10.6 Å². The van der Waals surface area contributed by atoms with Crippen molar-refractivity contribution in [3.8, 4) is 0 Å². The van der Waals surface area contributed by atoms with Crippen LogP contribution in [-0.4, -0.2) is 18.5 Å². The van der Waals surface area contributed by atoms with Gasteiger partial charge in [-0.3, -0.25) is 4.79 Å². The molecule has 0 aromatic heterocycles. The molecule has 0 aliphatic rings. The van der Waals surface area contributed by atoms with Gasteiger partial charge in [0.05, 0.1) is 17.8 Å². The maximum absolute atomic E-state index is 13.4. The lowest BCUT2D eigenvalue weighted by Crippen LogP contribution is -2.36. The average molecular weight is 292 g/mol. The zero-order valence-electron chi connectivity index (χ0n) is 11.1. The van der Waals surface area contributed by atoms with Gasteiger partial charge in [0.2, 0.25) is 5.91 Å². The van der Waals surface area contributed by atoms with Crippen LogP contribution in [0, 0.1) is 5.82 Å². The van der Waals surface area contributed by atoms with Gasteiger partial charge in [-0.2, -0.15) is 13.2 Å². The second kappa shape index (κ2) is 6.58. The molecule has 0 saturated heterocycles. The van der Waals surface area contributed by atoms with E-state index in [1.807, 2.05) is 6.92 Å². The summed E-state index contributed by atoms with van der Waals surface area (Å²) in [6, 6.07) is 1.97. The van der Waals surface area contributed by atoms with E-state index in [0.29, 0.717) is 12.1 Å². The summed E-state index contributed by atoms with van der Waals surface area (Å²) in [6.45, 7) is 3.39. The van der Waals surface area contributed by atoms with E-state index in [2.05, 4.69) is 10.6 Å². The summed E-state index contributed by atoms with van der Waals surface area (Å²) in [5.41, 5.74) is -1.32. The number of anilines is 1. The Morgan fingerprint density at radius 3 is 2.55 bits per heavy atom. The Morgan fingerprint density at radius 1 is 1.35 bits per heavy atom. The molecule has 0 aliphatic heterocycles. The predicted octanol–water partition coefficient (Wildman–Crippen LogP) is 3.17. The fourth-order valence-electron chi connectivity index (χ4n) is 1.44. The van der Waals surface area contributed by atoms with Crippen molar-refractivity contribution >= 4 is 11.6 Å². The van der Waals surface area contributed by atoms with Gasteiger partial charge in [0.1, 0.15) is 5.82 Å². The van der Waals surface area contributed by atoms with Crippen molar-refractivity contribution in [2.45, 2.75) is 32.5 Å². The predicted molar refractivity (Wildman–Crippen MR) is 67.8 cm³/mol. The summed E-state index contributed by atoms with van der Waals surface area (Å²) in [4.78, 5) is 11.5. The van der Waals surface area contributed by atoms with Crippen LogP contribution in [0.3, 0.4) is 0 Å². The number of alkyl halides is 3. The average Bonchev–Trinajstić information content (AvgIpc) is 2.36. The molecule has 0 fully saturated rings. The molecule has 112 valence electrons. The third-order valence-electron chi connectivity index (χ3n) is 2.75. The van der Waals surface area contributed by atoms with E-state index in [0.717, 1.165) is 12.5 Å². The first-order chi connectivity index (χ1) is 9.24. The summed E-state index contributed by atoms with van der Waals surface area (Å²) < 4.78 is 50.8. The second-order valence-electron chi connectivity index (χ2n) is 4.42. The van der Waals surface area contributed by atoms with E-state index < -0.39 is 23.5 Å². The fourth-order valence-corrected chi connectivity index (χ4v) is 1.44. The molecule has 0 saturated carbocycles. The zero-order chi connectivity index (χ0) is 15.3. The SMILES string of the molecule is CCC(C)NC(=O)CNc1cc(C(F)(F)F)ccc1F. The molecule has 0 aliphatic carbocycles. The third-order valence-corrected chi connectivity index (χ3v) is 2.75. The molecule has 20 heavy (non-hydrogen) atoms. The molecule has 1 rings (SSSR count). The van der Waals surface area contributed by atoms with Gasteiger partial charge in [0.15, 0.2) is 0 Å². The largest absolute Gasteiger partial charge is 0.416 e. The standard InChI is InChI=1S/C13H16F4N2O/c1-3-8(2)19-12(20)7-18-11-6-9(13(15,16)17)4-5-10(11)14/h4-6,8,18H,3,7H2,1-2H3,(H,19,20). The van der Waals surface area contributed by atoms with Crippen LogP contribution in [-0.2, 0) is 11.0 Å². The minimum Gasteiger partial charge on any atom is -0.374 e. The Bertz CT molecular complexity index is 474. The van der Waals surface area contributed by atoms with Crippen molar-refractivity contribution in [1.29, 1.82) is 0 Å². The van der Waals surface area contributed by atoms with E-state index in [-0.39, 0.29) is 18.3 Å². The number of rotatable bonds is 5. The molecule has 0 heterocycles. The van der Waals surface area contributed by atoms with Crippen molar-refractivity contribution in [2.24, 2.45) is 0 Å². The molecule has 0 spiro atoms. The topological polar surface area (TPSA) is 41.1 Å². The summed E-state index contributed by atoms with van der Waals surface area (Å²) in [7, 11) is 0. The van der Waals surface area contributed by atoms with Crippen molar-refractivity contribution in [1.82, 2.24) is 5.32 Å². The molecule has 1 unspecified atom stereocenters. The number of carbonyl (C=O) groups excluding carboxylic acids is 1. The highest BCUT2D eigenvalue weighted by atomic mass is 19.4. The van der Waals surface area contributed by atoms with Gasteiger partial charge in [-0.05, 0) is 31.5 Å². The highest BCUT2D eigenvalue weighted by Crippen LogP contribution is 2.31. The number of hydrogen-bond donors (Lipinski definition) is 2. The van der Waals surface area contributed by atoms with E-state index in [9.17, 15) is 22.4 Å². The third kappa shape index (κ3) is 4.71. The van der Waals surface area contributed by atoms with Crippen molar-refractivity contribution in [3.63, 3.8) is 0 Å². The van der Waals surface area contributed by atoms with Gasteiger partial charge in [0, 0.05) is 6.04 Å². The van der Waals surface area contributed by atoms with Crippen LogP contribution < -0.4 is 10.6 Å². The Hall–Kier alpha value is -1.79. The van der Waals surface area contributed by atoms with E-state index in [4.69, 9.17) is 0 Å². The van der Waals surface area contributed by atoms with Gasteiger partial charge >= 0.3 is 6.18 Å². The molecular formula is C13H16F4N2O. The maximum atomic E-state index is 13.4. The van der Waals surface area contributed by atoms with Crippen LogP contribution in [0.5, 0.6) is 0 Å².